The fraction of sp³-hybridized carbons (Fsp3) is 0.188. The van der Waals surface area contributed by atoms with Crippen molar-refractivity contribution in [3.63, 3.8) is 0 Å². The van der Waals surface area contributed by atoms with Gasteiger partial charge in [-0.2, -0.15) is 0 Å². The highest BCUT2D eigenvalue weighted by atomic mass is 35.5. The van der Waals surface area contributed by atoms with E-state index in [0.29, 0.717) is 21.9 Å². The second kappa shape index (κ2) is 6.50. The maximum absolute atomic E-state index is 12.5. The summed E-state index contributed by atoms with van der Waals surface area (Å²) < 4.78 is 30.1. The lowest BCUT2D eigenvalue weighted by molar-refractivity contribution is 0.101. The van der Waals surface area contributed by atoms with Crippen LogP contribution in [-0.2, 0) is 15.6 Å². The molecule has 0 aliphatic heterocycles. The van der Waals surface area contributed by atoms with Crippen LogP contribution in [0.4, 0.5) is 0 Å². The maximum Gasteiger partial charge on any atom is 0.182 e. The topological polar surface area (TPSA) is 60.4 Å². The van der Waals surface area contributed by atoms with E-state index in [2.05, 4.69) is 0 Å². The van der Waals surface area contributed by atoms with Gasteiger partial charge in [-0.3, -0.25) is 4.79 Å². The minimum atomic E-state index is -3.56. The summed E-state index contributed by atoms with van der Waals surface area (Å²) in [6.07, 6.45) is 0. The number of ketones is 1. The molecule has 0 aliphatic carbocycles. The summed E-state index contributed by atoms with van der Waals surface area (Å²) in [6.45, 7) is 1.43. The monoisotopic (exact) mass is 338 g/mol. The van der Waals surface area contributed by atoms with Crippen molar-refractivity contribution in [1.82, 2.24) is 0 Å². The highest BCUT2D eigenvalue weighted by molar-refractivity contribution is 7.90. The number of rotatable bonds is 5. The summed E-state index contributed by atoms with van der Waals surface area (Å²) in [7, 11) is -2.10. The van der Waals surface area contributed by atoms with Gasteiger partial charge in [0.1, 0.15) is 5.75 Å². The second-order valence-corrected chi connectivity index (χ2v) is 7.22. The van der Waals surface area contributed by atoms with Crippen molar-refractivity contribution in [2.75, 3.05) is 7.11 Å². The Kier molecular flexibility index (Phi) is 4.88. The van der Waals surface area contributed by atoms with Crippen molar-refractivity contribution in [3.8, 4) is 5.75 Å². The van der Waals surface area contributed by atoms with Crippen LogP contribution in [0.5, 0.6) is 5.75 Å². The third kappa shape index (κ3) is 3.67. The van der Waals surface area contributed by atoms with E-state index in [1.807, 2.05) is 0 Å². The fourth-order valence-corrected chi connectivity index (χ4v) is 3.52. The van der Waals surface area contributed by atoms with Gasteiger partial charge in [-0.05, 0) is 49.4 Å². The molecule has 0 aromatic heterocycles. The van der Waals surface area contributed by atoms with Crippen LogP contribution < -0.4 is 4.74 Å². The van der Waals surface area contributed by atoms with Crippen molar-refractivity contribution in [1.29, 1.82) is 0 Å². The largest absolute Gasteiger partial charge is 0.496 e. The zero-order valence-corrected chi connectivity index (χ0v) is 13.7. The number of hydrogen-bond acceptors (Lipinski definition) is 4. The Bertz CT molecular complexity index is 795. The maximum atomic E-state index is 12.5. The van der Waals surface area contributed by atoms with Gasteiger partial charge in [-0.25, -0.2) is 8.42 Å². The predicted octanol–water partition coefficient (Wildman–Crippen LogP) is 3.53. The van der Waals surface area contributed by atoms with Crippen molar-refractivity contribution < 1.29 is 17.9 Å². The minimum Gasteiger partial charge on any atom is -0.496 e. The lowest BCUT2D eigenvalue weighted by Gasteiger charge is -2.11. The zero-order chi connectivity index (χ0) is 16.3. The molecule has 0 fully saturated rings. The number of Topliss-reactive ketones (excluding diaryl/α,β-unsaturated/α-hetero) is 1. The number of halogens is 1. The summed E-state index contributed by atoms with van der Waals surface area (Å²) >= 11 is 5.77. The molecule has 0 heterocycles. The summed E-state index contributed by atoms with van der Waals surface area (Å²) in [6, 6.07) is 10.7. The van der Waals surface area contributed by atoms with E-state index in [1.54, 1.807) is 18.2 Å². The van der Waals surface area contributed by atoms with Gasteiger partial charge in [-0.15, -0.1) is 0 Å². The molecule has 4 nitrogen and oxygen atoms in total. The highest BCUT2D eigenvalue weighted by Crippen LogP contribution is 2.26. The number of carbonyl (C=O) groups excluding carboxylic acids is 1. The van der Waals surface area contributed by atoms with Gasteiger partial charge in [0.2, 0.25) is 0 Å². The molecule has 22 heavy (non-hydrogen) atoms. The Balaban J connectivity index is 2.42. The molecule has 0 N–H and O–H groups in total. The highest BCUT2D eigenvalue weighted by Gasteiger charge is 2.19. The summed E-state index contributed by atoms with van der Waals surface area (Å²) in [5.41, 5.74) is 0.896. The van der Waals surface area contributed by atoms with Crippen molar-refractivity contribution >= 4 is 27.2 Å². The second-order valence-electron chi connectivity index (χ2n) is 4.80. The van der Waals surface area contributed by atoms with E-state index in [1.165, 1.54) is 38.3 Å². The third-order valence-electron chi connectivity index (χ3n) is 3.21. The van der Waals surface area contributed by atoms with Gasteiger partial charge >= 0.3 is 0 Å². The molecule has 2 aromatic carbocycles. The first-order valence-electron chi connectivity index (χ1n) is 6.49. The molecule has 0 unspecified atom stereocenters. The number of methoxy groups -OCH3 is 1. The summed E-state index contributed by atoms with van der Waals surface area (Å²) in [5, 5.41) is 0.468. The van der Waals surface area contributed by atoms with Gasteiger partial charge in [0.25, 0.3) is 0 Å². The molecule has 0 saturated carbocycles. The molecule has 116 valence electrons. The fourth-order valence-electron chi connectivity index (χ4n) is 2.04. The molecule has 0 radical (unpaired) electrons. The van der Waals surface area contributed by atoms with Crippen molar-refractivity contribution in [3.05, 3.63) is 58.6 Å². The Labute approximate surface area is 134 Å². The van der Waals surface area contributed by atoms with E-state index in [-0.39, 0.29) is 16.4 Å². The lowest BCUT2D eigenvalue weighted by Crippen LogP contribution is -2.07. The smallest absolute Gasteiger partial charge is 0.182 e. The average molecular weight is 339 g/mol. The van der Waals surface area contributed by atoms with Crippen molar-refractivity contribution in [2.45, 2.75) is 17.6 Å². The van der Waals surface area contributed by atoms with Crippen molar-refractivity contribution in [2.24, 2.45) is 0 Å². The van der Waals surface area contributed by atoms with E-state index < -0.39 is 9.84 Å². The molecule has 2 rings (SSSR count). The van der Waals surface area contributed by atoms with E-state index in [9.17, 15) is 13.2 Å². The first-order valence-corrected chi connectivity index (χ1v) is 8.52. The van der Waals surface area contributed by atoms with Gasteiger partial charge in [0.05, 0.1) is 17.8 Å². The molecule has 2 aromatic rings. The van der Waals surface area contributed by atoms with Crippen LogP contribution in [0.1, 0.15) is 22.8 Å². The van der Waals surface area contributed by atoms with Crippen LogP contribution in [0, 0.1) is 0 Å². The zero-order valence-electron chi connectivity index (χ0n) is 12.2. The first kappa shape index (κ1) is 16.5. The lowest BCUT2D eigenvalue weighted by atomic mass is 10.1. The number of ether oxygens (including phenoxy) is 1. The molecule has 6 heteroatoms. The van der Waals surface area contributed by atoms with E-state index in [0.717, 1.165) is 0 Å². The summed E-state index contributed by atoms with van der Waals surface area (Å²) in [5.74, 6) is 0.0502. The standard InChI is InChI=1S/C16H15ClO4S/c1-11(18)12-3-8-16(21-2)13(9-12)10-22(19,20)15-6-4-14(17)5-7-15/h3-9H,10H2,1-2H3. The Morgan fingerprint density at radius 2 is 1.77 bits per heavy atom. The molecule has 0 amide bonds. The van der Waals surface area contributed by atoms with Gasteiger partial charge in [-0.1, -0.05) is 11.6 Å². The molecular weight excluding hydrogens is 324 g/mol. The van der Waals surface area contributed by atoms with Gasteiger partial charge < -0.3 is 4.74 Å². The molecule has 0 saturated heterocycles. The average Bonchev–Trinajstić information content (AvgIpc) is 2.47. The third-order valence-corrected chi connectivity index (χ3v) is 5.14. The number of sulfone groups is 1. The van der Waals surface area contributed by atoms with Crippen LogP contribution >= 0.6 is 11.6 Å². The number of hydrogen-bond donors (Lipinski definition) is 0. The molecule has 0 aliphatic rings. The Morgan fingerprint density at radius 1 is 1.14 bits per heavy atom. The quantitative estimate of drug-likeness (QED) is 0.782. The Hall–Kier alpha value is -1.85. The van der Waals surface area contributed by atoms with Gasteiger partial charge in [0, 0.05) is 16.1 Å². The van der Waals surface area contributed by atoms with Crippen LogP contribution in [0.15, 0.2) is 47.4 Å². The predicted molar refractivity (Wildman–Crippen MR) is 85.3 cm³/mol. The van der Waals surface area contributed by atoms with E-state index in [4.69, 9.17) is 16.3 Å². The normalized spacial score (nSPS) is 11.2. The molecule has 0 atom stereocenters. The molecular formula is C16H15ClO4S. The first-order chi connectivity index (χ1) is 10.3. The number of benzene rings is 2. The van der Waals surface area contributed by atoms with Crippen LogP contribution in [-0.4, -0.2) is 21.3 Å². The van der Waals surface area contributed by atoms with Gasteiger partial charge in [0.15, 0.2) is 15.6 Å². The van der Waals surface area contributed by atoms with Crippen LogP contribution in [0.3, 0.4) is 0 Å². The van der Waals surface area contributed by atoms with Crippen LogP contribution in [0.25, 0.3) is 0 Å². The van der Waals surface area contributed by atoms with E-state index >= 15 is 0 Å². The Morgan fingerprint density at radius 3 is 2.32 bits per heavy atom. The number of carbonyl (C=O) groups is 1. The summed E-state index contributed by atoms with van der Waals surface area (Å²) in [4.78, 5) is 11.6. The molecule has 0 spiro atoms. The van der Waals surface area contributed by atoms with Crippen LogP contribution in [0.2, 0.25) is 5.02 Å². The minimum absolute atomic E-state index is 0.132. The SMILES string of the molecule is COc1ccc(C(C)=O)cc1CS(=O)(=O)c1ccc(Cl)cc1. The molecule has 0 bridgehead atoms.